The van der Waals surface area contributed by atoms with Crippen molar-refractivity contribution in [1.82, 2.24) is 0 Å². The number of rotatable bonds is 76. The van der Waals surface area contributed by atoms with E-state index in [4.69, 9.17) is 37.0 Å². The molecule has 0 heterocycles. The first-order valence-corrected chi connectivity index (χ1v) is 42.6. The molecule has 564 valence electrons. The van der Waals surface area contributed by atoms with Crippen molar-refractivity contribution >= 4 is 39.5 Å². The zero-order valence-corrected chi connectivity index (χ0v) is 63.6. The van der Waals surface area contributed by atoms with Crippen LogP contribution in [0.25, 0.3) is 0 Å². The number of aliphatic hydroxyl groups excluding tert-OH is 1. The van der Waals surface area contributed by atoms with Crippen LogP contribution in [0.3, 0.4) is 0 Å². The van der Waals surface area contributed by atoms with Crippen molar-refractivity contribution in [2.75, 3.05) is 39.6 Å². The highest BCUT2D eigenvalue weighted by Gasteiger charge is 2.30. The van der Waals surface area contributed by atoms with Gasteiger partial charge in [0.25, 0.3) is 0 Å². The summed E-state index contributed by atoms with van der Waals surface area (Å²) in [5, 5.41) is 10.6. The molecule has 19 heteroatoms. The third-order valence-electron chi connectivity index (χ3n) is 17.8. The SMILES string of the molecule is CCCCCCCCCCCCCCCCCCCCCCCCC(=O)O[C@H](COC(=O)CCCCCCCCCCCCCCCCC)COP(=O)(O)OC[C@@H](O)COP(=O)(O)OC[C@@H](COC(=O)CCCCCCC)OC(=O)CCCCCCCCCCCCC(C)C. The summed E-state index contributed by atoms with van der Waals surface area (Å²) in [4.78, 5) is 72.5. The van der Waals surface area contributed by atoms with E-state index >= 15 is 0 Å². The van der Waals surface area contributed by atoms with E-state index in [0.717, 1.165) is 102 Å². The summed E-state index contributed by atoms with van der Waals surface area (Å²) in [6.07, 6.45) is 58.8. The minimum atomic E-state index is -4.95. The van der Waals surface area contributed by atoms with E-state index in [2.05, 4.69) is 34.6 Å². The molecule has 0 aliphatic rings. The number of phosphoric acid groups is 2. The van der Waals surface area contributed by atoms with Crippen LogP contribution in [0.2, 0.25) is 0 Å². The van der Waals surface area contributed by atoms with Crippen LogP contribution in [0, 0.1) is 5.92 Å². The summed E-state index contributed by atoms with van der Waals surface area (Å²) >= 11 is 0. The maximum atomic E-state index is 13.1. The van der Waals surface area contributed by atoms with Gasteiger partial charge in [-0.2, -0.15) is 0 Å². The molecular formula is C76H148O17P2. The Bertz CT molecular complexity index is 1820. The van der Waals surface area contributed by atoms with Crippen molar-refractivity contribution in [1.29, 1.82) is 0 Å². The van der Waals surface area contributed by atoms with Gasteiger partial charge in [-0.3, -0.25) is 37.3 Å². The van der Waals surface area contributed by atoms with E-state index in [-0.39, 0.29) is 25.7 Å². The fraction of sp³-hybridized carbons (Fsp3) is 0.947. The quantitative estimate of drug-likeness (QED) is 0.0222. The van der Waals surface area contributed by atoms with Crippen LogP contribution in [-0.2, 0) is 65.4 Å². The molecule has 0 saturated carbocycles. The topological polar surface area (TPSA) is 237 Å². The van der Waals surface area contributed by atoms with Crippen molar-refractivity contribution in [2.24, 2.45) is 5.92 Å². The molecule has 0 radical (unpaired) electrons. The Morgan fingerprint density at radius 3 is 0.716 bits per heavy atom. The third-order valence-corrected chi connectivity index (χ3v) is 19.7. The van der Waals surface area contributed by atoms with Gasteiger partial charge < -0.3 is 33.8 Å². The zero-order valence-electron chi connectivity index (χ0n) is 61.8. The Hall–Kier alpha value is -1.94. The van der Waals surface area contributed by atoms with E-state index in [1.807, 2.05) is 0 Å². The lowest BCUT2D eigenvalue weighted by atomic mass is 10.0. The average molecular weight is 1400 g/mol. The van der Waals surface area contributed by atoms with Crippen LogP contribution in [0.1, 0.15) is 401 Å². The van der Waals surface area contributed by atoms with Crippen LogP contribution >= 0.6 is 15.6 Å². The molecule has 0 fully saturated rings. The van der Waals surface area contributed by atoms with Crippen LogP contribution in [0.4, 0.5) is 0 Å². The van der Waals surface area contributed by atoms with Gasteiger partial charge >= 0.3 is 39.5 Å². The Morgan fingerprint density at radius 1 is 0.284 bits per heavy atom. The average Bonchev–Trinajstić information content (AvgIpc) is 1.64. The number of ether oxygens (including phenoxy) is 4. The second kappa shape index (κ2) is 69.2. The molecule has 0 aromatic carbocycles. The van der Waals surface area contributed by atoms with Gasteiger partial charge in [0, 0.05) is 25.7 Å². The van der Waals surface area contributed by atoms with Crippen LogP contribution in [-0.4, -0.2) is 96.7 Å². The predicted molar refractivity (Wildman–Crippen MR) is 386 cm³/mol. The maximum Gasteiger partial charge on any atom is 0.472 e. The van der Waals surface area contributed by atoms with Crippen LogP contribution in [0.15, 0.2) is 0 Å². The number of aliphatic hydroxyl groups is 1. The number of unbranched alkanes of at least 4 members (excludes halogenated alkanes) is 48. The van der Waals surface area contributed by atoms with Gasteiger partial charge in [-0.1, -0.05) is 349 Å². The first-order valence-electron chi connectivity index (χ1n) is 39.6. The highest BCUT2D eigenvalue weighted by molar-refractivity contribution is 7.47. The first-order chi connectivity index (χ1) is 46.0. The molecule has 95 heavy (non-hydrogen) atoms. The fourth-order valence-corrected chi connectivity index (χ4v) is 13.3. The molecule has 5 atom stereocenters. The Kier molecular flexibility index (Phi) is 67.7. The summed E-state index contributed by atoms with van der Waals surface area (Å²) in [6.45, 7) is 7.19. The van der Waals surface area contributed by atoms with Gasteiger partial charge in [0.05, 0.1) is 26.4 Å². The number of carbonyl (C=O) groups is 4. The number of hydrogen-bond donors (Lipinski definition) is 3. The van der Waals surface area contributed by atoms with E-state index < -0.39 is 97.5 Å². The molecule has 0 rings (SSSR count). The minimum Gasteiger partial charge on any atom is -0.462 e. The van der Waals surface area contributed by atoms with Crippen LogP contribution in [0.5, 0.6) is 0 Å². The minimum absolute atomic E-state index is 0.105. The Labute approximate surface area is 581 Å². The summed E-state index contributed by atoms with van der Waals surface area (Å²) in [5.41, 5.74) is 0. The van der Waals surface area contributed by atoms with Gasteiger partial charge in [0.15, 0.2) is 12.2 Å². The van der Waals surface area contributed by atoms with Crippen molar-refractivity contribution in [3.05, 3.63) is 0 Å². The van der Waals surface area contributed by atoms with Crippen molar-refractivity contribution in [3.8, 4) is 0 Å². The van der Waals surface area contributed by atoms with Gasteiger partial charge in [-0.25, -0.2) is 9.13 Å². The number of carbonyl (C=O) groups excluding carboxylic acids is 4. The van der Waals surface area contributed by atoms with Crippen LogP contribution < -0.4 is 0 Å². The molecule has 0 aliphatic carbocycles. The number of esters is 4. The molecule has 0 aromatic rings. The van der Waals surface area contributed by atoms with E-state index in [1.165, 1.54) is 218 Å². The molecule has 2 unspecified atom stereocenters. The monoisotopic (exact) mass is 1400 g/mol. The van der Waals surface area contributed by atoms with Crippen molar-refractivity contribution in [3.63, 3.8) is 0 Å². The molecule has 0 spiro atoms. The Balaban J connectivity index is 5.11. The third kappa shape index (κ3) is 70.3. The molecule has 0 aromatic heterocycles. The predicted octanol–water partition coefficient (Wildman–Crippen LogP) is 22.5. The lowest BCUT2D eigenvalue weighted by Crippen LogP contribution is -2.30. The highest BCUT2D eigenvalue weighted by Crippen LogP contribution is 2.45. The van der Waals surface area contributed by atoms with Gasteiger partial charge in [-0.05, 0) is 31.6 Å². The summed E-state index contributed by atoms with van der Waals surface area (Å²) in [7, 11) is -9.90. The highest BCUT2D eigenvalue weighted by atomic mass is 31.2. The standard InChI is InChI=1S/C76H148O17P2/c1-6-9-12-15-17-19-21-23-25-26-27-28-29-30-31-33-35-37-42-46-51-56-61-76(81)93-72(66-87-74(79)60-55-50-45-41-36-34-32-24-22-20-18-16-13-10-7-2)68-91-95(84,85)89-64-70(77)63-88-94(82,83)90-67-71(65-86-73(78)59-54-48-14-11-8-3)92-75(80)62-57-52-47-43-39-38-40-44-49-53-58-69(4)5/h69-72,77H,6-68H2,1-5H3,(H,82,83)(H,84,85)/t70-,71+,72+/m0/s1. The summed E-state index contributed by atoms with van der Waals surface area (Å²) in [5.74, 6) is -1.37. The molecule has 3 N–H and O–H groups in total. The Morgan fingerprint density at radius 2 is 0.484 bits per heavy atom. The van der Waals surface area contributed by atoms with Crippen molar-refractivity contribution < 1.29 is 80.2 Å². The number of hydrogen-bond acceptors (Lipinski definition) is 15. The maximum absolute atomic E-state index is 13.1. The fourth-order valence-electron chi connectivity index (χ4n) is 11.7. The smallest absolute Gasteiger partial charge is 0.462 e. The molecule has 0 saturated heterocycles. The zero-order chi connectivity index (χ0) is 69.8. The number of phosphoric ester groups is 2. The van der Waals surface area contributed by atoms with E-state index in [0.29, 0.717) is 25.7 Å². The normalized spacial score (nSPS) is 13.9. The molecule has 17 nitrogen and oxygen atoms in total. The van der Waals surface area contributed by atoms with Gasteiger partial charge in [0.2, 0.25) is 0 Å². The molecule has 0 aliphatic heterocycles. The summed E-state index contributed by atoms with van der Waals surface area (Å²) in [6, 6.07) is 0. The molecule has 0 amide bonds. The molecular weight excluding hydrogens is 1250 g/mol. The lowest BCUT2D eigenvalue weighted by Gasteiger charge is -2.21. The van der Waals surface area contributed by atoms with Gasteiger partial charge in [-0.15, -0.1) is 0 Å². The van der Waals surface area contributed by atoms with Gasteiger partial charge in [0.1, 0.15) is 19.3 Å². The van der Waals surface area contributed by atoms with E-state index in [9.17, 15) is 43.2 Å². The first kappa shape index (κ1) is 93.1. The second-order valence-corrected chi connectivity index (χ2v) is 30.8. The van der Waals surface area contributed by atoms with E-state index in [1.54, 1.807) is 0 Å². The summed E-state index contributed by atoms with van der Waals surface area (Å²) < 4.78 is 68.3. The van der Waals surface area contributed by atoms with Crippen molar-refractivity contribution in [2.45, 2.75) is 419 Å². The largest absolute Gasteiger partial charge is 0.472 e. The second-order valence-electron chi connectivity index (χ2n) is 27.9. The lowest BCUT2D eigenvalue weighted by molar-refractivity contribution is -0.161. The molecule has 0 bridgehead atoms.